The molecule has 9 nitrogen and oxygen atoms in total. The van der Waals surface area contributed by atoms with E-state index in [1.807, 2.05) is 21.1 Å². The third-order valence-corrected chi connectivity index (χ3v) is 11.5. The highest BCUT2D eigenvalue weighted by atomic mass is 16.7. The summed E-state index contributed by atoms with van der Waals surface area (Å²) in [5.41, 5.74) is 0. The van der Waals surface area contributed by atoms with Gasteiger partial charge in [-0.1, -0.05) is 210 Å². The number of likely N-dealkylation sites (N-methyl/N-ethyl adjacent to an activating group) is 1. The molecule has 0 aromatic carbocycles. The third-order valence-electron chi connectivity index (χ3n) is 11.5. The maximum atomic E-state index is 12.9. The Morgan fingerprint density at radius 2 is 0.701 bits per heavy atom. The van der Waals surface area contributed by atoms with Crippen molar-refractivity contribution in [2.75, 3.05) is 47.5 Å². The number of unbranched alkanes of at least 4 members (excludes halogenated alkanes) is 8. The van der Waals surface area contributed by atoms with Crippen LogP contribution in [-0.4, -0.2) is 87.4 Å². The zero-order chi connectivity index (χ0) is 56.2. The van der Waals surface area contributed by atoms with Crippen LogP contribution in [0.1, 0.15) is 181 Å². The van der Waals surface area contributed by atoms with Crippen molar-refractivity contribution in [3.05, 3.63) is 170 Å². The molecule has 0 aromatic heterocycles. The van der Waals surface area contributed by atoms with Gasteiger partial charge in [0.1, 0.15) is 13.2 Å². The lowest BCUT2D eigenvalue weighted by molar-refractivity contribution is -0.870. The summed E-state index contributed by atoms with van der Waals surface area (Å²) in [5.74, 6) is -2.10. The van der Waals surface area contributed by atoms with Gasteiger partial charge in [0, 0.05) is 12.8 Å². The third kappa shape index (κ3) is 58.2. The second-order valence-corrected chi connectivity index (χ2v) is 19.8. The highest BCUT2D eigenvalue weighted by molar-refractivity contribution is 5.71. The van der Waals surface area contributed by atoms with Crippen LogP contribution in [0, 0.1) is 0 Å². The zero-order valence-electron chi connectivity index (χ0n) is 48.8. The Morgan fingerprint density at radius 3 is 1.03 bits per heavy atom. The van der Waals surface area contributed by atoms with E-state index in [0.29, 0.717) is 23.9 Å². The van der Waals surface area contributed by atoms with Crippen LogP contribution in [0.25, 0.3) is 0 Å². The van der Waals surface area contributed by atoms with Gasteiger partial charge in [0.15, 0.2) is 6.10 Å². The number of carboxylic acid groups (broad SMARTS) is 1. The van der Waals surface area contributed by atoms with Gasteiger partial charge in [-0.2, -0.15) is 0 Å². The predicted molar refractivity (Wildman–Crippen MR) is 326 cm³/mol. The monoisotopic (exact) mass is 1060 g/mol. The fourth-order valence-corrected chi connectivity index (χ4v) is 7.03. The summed E-state index contributed by atoms with van der Waals surface area (Å²) < 4.78 is 22.8. The predicted octanol–water partition coefficient (Wildman–Crippen LogP) is 17.6. The summed E-state index contributed by atoms with van der Waals surface area (Å²) in [7, 11) is 5.93. The first-order valence-electron chi connectivity index (χ1n) is 29.3. The van der Waals surface area contributed by atoms with Gasteiger partial charge in [-0.25, -0.2) is 4.79 Å². The summed E-state index contributed by atoms with van der Waals surface area (Å²) in [5, 5.41) is 9.71. The molecule has 430 valence electrons. The molecule has 2 unspecified atom stereocenters. The standard InChI is InChI=1S/C68H105NO8/c1-6-8-10-12-14-16-18-20-22-24-26-28-30-31-32-33-34-35-37-39-41-43-45-47-49-51-53-55-57-59-66(71)77-64(63-76-68(67(72)73)74-61-60-69(3,4)5)62-75-65(70)58-56-54-52-50-48-46-44-42-40-38-36-29-27-25-23-21-19-17-15-13-11-9-7-2/h8-11,14-17,20-23,26-29,31-32,34-35,38-41,44-47,64,68H,6-7,12-13,18-19,24-25,30,33,36-37,42-43,48-63H2,1-5H3/p+1/b10-8-,11-9-,16-14-,17-15-,22-20-,23-21-,28-26-,29-27-,32-31-,35-34-,40-38-,41-39-,46-44-,47-45-. The molecule has 0 fully saturated rings. The van der Waals surface area contributed by atoms with Gasteiger partial charge in [0.05, 0.1) is 34.4 Å². The average Bonchev–Trinajstić information content (AvgIpc) is 3.40. The number of nitrogens with zero attached hydrogens (tertiary/aromatic N) is 1. The van der Waals surface area contributed by atoms with Gasteiger partial charge >= 0.3 is 17.9 Å². The lowest BCUT2D eigenvalue weighted by Crippen LogP contribution is -2.40. The van der Waals surface area contributed by atoms with E-state index in [1.54, 1.807) is 0 Å². The topological polar surface area (TPSA) is 108 Å². The van der Waals surface area contributed by atoms with E-state index in [1.165, 1.54) is 0 Å². The smallest absolute Gasteiger partial charge is 0.361 e. The van der Waals surface area contributed by atoms with Crippen molar-refractivity contribution in [2.45, 2.75) is 193 Å². The Balaban J connectivity index is 4.43. The van der Waals surface area contributed by atoms with E-state index in [9.17, 15) is 19.5 Å². The van der Waals surface area contributed by atoms with Crippen LogP contribution >= 0.6 is 0 Å². The Hall–Kier alpha value is -5.35. The number of quaternary nitrogens is 1. The summed E-state index contributed by atoms with van der Waals surface area (Å²) in [6.45, 7) is 4.55. The molecule has 77 heavy (non-hydrogen) atoms. The van der Waals surface area contributed by atoms with E-state index in [4.69, 9.17) is 18.9 Å². The summed E-state index contributed by atoms with van der Waals surface area (Å²) in [6.07, 6.45) is 82.8. The molecule has 0 spiro atoms. The van der Waals surface area contributed by atoms with Gasteiger partial charge in [-0.3, -0.25) is 9.59 Å². The van der Waals surface area contributed by atoms with Gasteiger partial charge in [0.2, 0.25) is 0 Å². The molecular formula is C68H106NO8+. The summed E-state index contributed by atoms with van der Waals surface area (Å²) >= 11 is 0. The fourth-order valence-electron chi connectivity index (χ4n) is 7.03. The molecular weight excluding hydrogens is 959 g/mol. The Morgan fingerprint density at radius 1 is 0.390 bits per heavy atom. The summed E-state index contributed by atoms with van der Waals surface area (Å²) in [6, 6.07) is 0. The SMILES string of the molecule is CC/C=C\C/C=C\C/C=C\C/C=C\C/C=C\C/C=C\C/C=C\C/C=C\CCCCCCC(=O)OC(COC(=O)CCCCCC/C=C\C/C=C\C/C=C\C/C=C\C/C=C\C/C=C\CC)COC(OCC[N+](C)(C)C)C(=O)O. The van der Waals surface area contributed by atoms with Crippen molar-refractivity contribution in [1.29, 1.82) is 0 Å². The molecule has 0 bridgehead atoms. The first-order valence-corrected chi connectivity index (χ1v) is 29.3. The molecule has 9 heteroatoms. The number of ether oxygens (including phenoxy) is 4. The van der Waals surface area contributed by atoms with Crippen molar-refractivity contribution in [1.82, 2.24) is 0 Å². The number of hydrogen-bond donors (Lipinski definition) is 1. The Kier molecular flexibility index (Phi) is 52.9. The van der Waals surface area contributed by atoms with Crippen LogP contribution in [0.3, 0.4) is 0 Å². The zero-order valence-corrected chi connectivity index (χ0v) is 48.8. The second-order valence-electron chi connectivity index (χ2n) is 19.8. The molecule has 0 amide bonds. The van der Waals surface area contributed by atoms with Crippen LogP contribution in [0.4, 0.5) is 0 Å². The van der Waals surface area contributed by atoms with Gasteiger partial charge < -0.3 is 28.5 Å². The minimum absolute atomic E-state index is 0.167. The maximum Gasteiger partial charge on any atom is 0.361 e. The minimum Gasteiger partial charge on any atom is -0.477 e. The van der Waals surface area contributed by atoms with Gasteiger partial charge in [-0.05, 0) is 128 Å². The van der Waals surface area contributed by atoms with Crippen molar-refractivity contribution in [2.24, 2.45) is 0 Å². The molecule has 0 aliphatic heterocycles. The number of allylic oxidation sites excluding steroid dienone is 28. The number of aliphatic carboxylic acids is 1. The molecule has 0 radical (unpaired) electrons. The number of carboxylic acids is 1. The van der Waals surface area contributed by atoms with Crippen molar-refractivity contribution >= 4 is 17.9 Å². The van der Waals surface area contributed by atoms with Crippen LogP contribution in [0.2, 0.25) is 0 Å². The molecule has 1 N–H and O–H groups in total. The van der Waals surface area contributed by atoms with Crippen LogP contribution in [0.15, 0.2) is 170 Å². The van der Waals surface area contributed by atoms with Crippen LogP contribution in [-0.2, 0) is 33.3 Å². The van der Waals surface area contributed by atoms with Gasteiger partial charge in [0.25, 0.3) is 6.29 Å². The Bertz CT molecular complexity index is 1860. The first kappa shape index (κ1) is 71.7. The van der Waals surface area contributed by atoms with E-state index in [-0.39, 0.29) is 38.6 Å². The highest BCUT2D eigenvalue weighted by Crippen LogP contribution is 2.12. The molecule has 0 saturated heterocycles. The molecule has 0 aliphatic carbocycles. The fraction of sp³-hybridized carbons (Fsp3) is 0.544. The van der Waals surface area contributed by atoms with Crippen molar-refractivity contribution in [3.8, 4) is 0 Å². The maximum absolute atomic E-state index is 12.9. The van der Waals surface area contributed by atoms with Crippen LogP contribution in [0.5, 0.6) is 0 Å². The normalized spacial score (nSPS) is 14.0. The molecule has 0 aliphatic rings. The van der Waals surface area contributed by atoms with Crippen molar-refractivity contribution < 1.29 is 42.9 Å². The first-order chi connectivity index (χ1) is 37.6. The van der Waals surface area contributed by atoms with E-state index >= 15 is 0 Å². The second kappa shape index (κ2) is 56.8. The highest BCUT2D eigenvalue weighted by Gasteiger charge is 2.25. The molecule has 0 saturated carbocycles. The van der Waals surface area contributed by atoms with Crippen LogP contribution < -0.4 is 0 Å². The number of esters is 2. The van der Waals surface area contributed by atoms with E-state index in [0.717, 1.165) is 141 Å². The van der Waals surface area contributed by atoms with Crippen molar-refractivity contribution in [3.63, 3.8) is 0 Å². The van der Waals surface area contributed by atoms with E-state index < -0.39 is 24.3 Å². The van der Waals surface area contributed by atoms with Gasteiger partial charge in [-0.15, -0.1) is 0 Å². The largest absolute Gasteiger partial charge is 0.477 e. The number of carbonyl (C=O) groups excluding carboxylic acids is 2. The quantitative estimate of drug-likeness (QED) is 0.0211. The number of rotatable bonds is 51. The average molecular weight is 1070 g/mol. The van der Waals surface area contributed by atoms with E-state index in [2.05, 4.69) is 184 Å². The minimum atomic E-state index is -1.54. The molecule has 0 rings (SSSR count). The molecule has 0 heterocycles. The molecule has 0 aromatic rings. The Labute approximate surface area is 469 Å². The lowest BCUT2D eigenvalue weighted by Gasteiger charge is -2.25. The molecule has 2 atom stereocenters. The lowest BCUT2D eigenvalue weighted by atomic mass is 10.1. The number of carbonyl (C=O) groups is 3. The number of hydrogen-bond acceptors (Lipinski definition) is 7. The summed E-state index contributed by atoms with van der Waals surface area (Å²) in [4.78, 5) is 37.5.